The van der Waals surface area contributed by atoms with Gasteiger partial charge in [-0.1, -0.05) is 0 Å². The topological polar surface area (TPSA) is 76.8 Å². The zero-order valence-corrected chi connectivity index (χ0v) is 16.2. The van der Waals surface area contributed by atoms with Gasteiger partial charge in [0.15, 0.2) is 0 Å². The van der Waals surface area contributed by atoms with E-state index in [0.29, 0.717) is 12.1 Å². The number of aryl methyl sites for hydroxylation is 1. The predicted octanol–water partition coefficient (Wildman–Crippen LogP) is 3.08. The number of aromatic nitrogens is 5. The zero-order chi connectivity index (χ0) is 19.5. The normalized spacial score (nSPS) is 16.9. The van der Waals surface area contributed by atoms with Crippen LogP contribution in [0.15, 0.2) is 43.2 Å². The average Bonchev–Trinajstić information content (AvgIpc) is 3.14. The Morgan fingerprint density at radius 3 is 2.79 bits per heavy atom. The Kier molecular flexibility index (Phi) is 5.14. The van der Waals surface area contributed by atoms with E-state index in [-0.39, 0.29) is 11.8 Å². The third-order valence-electron chi connectivity index (χ3n) is 5.46. The van der Waals surface area contributed by atoms with E-state index < -0.39 is 0 Å². The lowest BCUT2D eigenvalue weighted by atomic mass is 9.90. The predicted molar refractivity (Wildman–Crippen MR) is 106 cm³/mol. The Hall–Kier alpha value is -3.09. The molecule has 1 fully saturated rings. The Morgan fingerprint density at radius 2 is 2.04 bits per heavy atom. The van der Waals surface area contributed by atoms with Gasteiger partial charge in [0, 0.05) is 55.4 Å². The van der Waals surface area contributed by atoms with Crippen LogP contribution in [0.5, 0.6) is 0 Å². The molecule has 1 amide bonds. The molecule has 1 aliphatic heterocycles. The van der Waals surface area contributed by atoms with Crippen LogP contribution >= 0.6 is 0 Å². The van der Waals surface area contributed by atoms with Gasteiger partial charge >= 0.3 is 0 Å². The maximum atomic E-state index is 13.1. The van der Waals surface area contributed by atoms with Crippen molar-refractivity contribution in [1.29, 1.82) is 0 Å². The van der Waals surface area contributed by atoms with Crippen LogP contribution in [-0.2, 0) is 6.54 Å². The lowest BCUT2D eigenvalue weighted by Gasteiger charge is -2.33. The van der Waals surface area contributed by atoms with Crippen molar-refractivity contribution in [2.75, 3.05) is 13.1 Å². The highest BCUT2D eigenvalue weighted by Crippen LogP contribution is 2.33. The van der Waals surface area contributed by atoms with Gasteiger partial charge in [-0.15, -0.1) is 0 Å². The number of hydrogen-bond donors (Lipinski definition) is 0. The van der Waals surface area contributed by atoms with Gasteiger partial charge in [-0.05, 0) is 44.4 Å². The summed E-state index contributed by atoms with van der Waals surface area (Å²) in [5.74, 6) is 0.242. The van der Waals surface area contributed by atoms with Crippen LogP contribution in [0.4, 0.5) is 0 Å². The van der Waals surface area contributed by atoms with Crippen molar-refractivity contribution >= 4 is 5.91 Å². The molecule has 7 heteroatoms. The number of likely N-dealkylation sites (tertiary alicyclic amines) is 1. The van der Waals surface area contributed by atoms with Crippen molar-refractivity contribution in [3.05, 3.63) is 60.2 Å². The first-order valence-electron chi connectivity index (χ1n) is 9.71. The molecule has 144 valence electrons. The monoisotopic (exact) mass is 376 g/mol. The maximum absolute atomic E-state index is 13.1. The number of hydrogen-bond acceptors (Lipinski definition) is 5. The first-order valence-corrected chi connectivity index (χ1v) is 9.71. The second kappa shape index (κ2) is 7.88. The van der Waals surface area contributed by atoms with E-state index in [1.807, 2.05) is 41.8 Å². The highest BCUT2D eigenvalue weighted by molar-refractivity contribution is 5.95. The summed E-state index contributed by atoms with van der Waals surface area (Å²) in [6.07, 6.45) is 10.7. The molecule has 3 aromatic heterocycles. The molecule has 4 heterocycles. The van der Waals surface area contributed by atoms with Gasteiger partial charge < -0.3 is 4.90 Å². The average molecular weight is 376 g/mol. The Bertz CT molecular complexity index is 968. The van der Waals surface area contributed by atoms with Crippen molar-refractivity contribution in [2.24, 2.45) is 0 Å². The number of pyridine rings is 1. The molecule has 0 spiro atoms. The molecule has 7 nitrogen and oxygen atoms in total. The largest absolute Gasteiger partial charge is 0.338 e. The van der Waals surface area contributed by atoms with E-state index in [2.05, 4.69) is 20.1 Å². The molecule has 0 aromatic carbocycles. The second-order valence-corrected chi connectivity index (χ2v) is 7.11. The molecule has 0 bridgehead atoms. The summed E-state index contributed by atoms with van der Waals surface area (Å²) in [7, 11) is 0. The third kappa shape index (κ3) is 3.40. The Balaban J connectivity index is 1.60. The van der Waals surface area contributed by atoms with Gasteiger partial charge in [-0.25, -0.2) is 9.97 Å². The molecule has 3 aromatic rings. The minimum atomic E-state index is 0.0569. The molecule has 28 heavy (non-hydrogen) atoms. The summed E-state index contributed by atoms with van der Waals surface area (Å²) in [6, 6.07) is 3.94. The number of rotatable bonds is 4. The summed E-state index contributed by atoms with van der Waals surface area (Å²) in [5.41, 5.74) is 4.68. The van der Waals surface area contributed by atoms with E-state index in [1.54, 1.807) is 24.9 Å². The van der Waals surface area contributed by atoms with Gasteiger partial charge in [0.2, 0.25) is 0 Å². The zero-order valence-electron chi connectivity index (χ0n) is 16.2. The van der Waals surface area contributed by atoms with E-state index in [0.717, 1.165) is 48.4 Å². The van der Waals surface area contributed by atoms with Gasteiger partial charge in [-0.3, -0.25) is 14.5 Å². The van der Waals surface area contributed by atoms with Crippen molar-refractivity contribution in [3.8, 4) is 11.1 Å². The van der Waals surface area contributed by atoms with Crippen molar-refractivity contribution < 1.29 is 4.79 Å². The van der Waals surface area contributed by atoms with Gasteiger partial charge in [0.05, 0.1) is 17.5 Å². The van der Waals surface area contributed by atoms with Crippen LogP contribution in [0.1, 0.15) is 47.4 Å². The molecular weight excluding hydrogens is 352 g/mol. The summed E-state index contributed by atoms with van der Waals surface area (Å²) in [4.78, 5) is 28.0. The molecule has 1 atom stereocenters. The standard InChI is InChI=1S/C21H24N6O/c1-3-27-15(2)18(12-25-27)21(28)26-10-4-5-17(13-26)20-19(11-23-14-24-20)16-6-8-22-9-7-16/h6-9,11-12,14,17H,3-5,10,13H2,1-2H3. The molecular formula is C21H24N6O. The number of carbonyl (C=O) groups excluding carboxylic acids is 1. The fourth-order valence-electron chi connectivity index (χ4n) is 3.95. The summed E-state index contributed by atoms with van der Waals surface area (Å²) in [5, 5.41) is 4.32. The SMILES string of the molecule is CCn1ncc(C(=O)N2CCCC(c3ncncc3-c3ccncc3)C2)c1C. The Labute approximate surface area is 164 Å². The van der Waals surface area contributed by atoms with Gasteiger partial charge in [0.1, 0.15) is 6.33 Å². The van der Waals surface area contributed by atoms with Crippen molar-refractivity contribution in [1.82, 2.24) is 29.6 Å². The quantitative estimate of drug-likeness (QED) is 0.699. The highest BCUT2D eigenvalue weighted by atomic mass is 16.2. The first-order chi connectivity index (χ1) is 13.7. The first kappa shape index (κ1) is 18.3. The number of nitrogens with zero attached hydrogens (tertiary/aromatic N) is 6. The maximum Gasteiger partial charge on any atom is 0.257 e. The number of amides is 1. The smallest absolute Gasteiger partial charge is 0.257 e. The number of piperidine rings is 1. The molecule has 0 N–H and O–H groups in total. The fourth-order valence-corrected chi connectivity index (χ4v) is 3.95. The van der Waals surface area contributed by atoms with Crippen LogP contribution < -0.4 is 0 Å². The molecule has 0 aliphatic carbocycles. The molecule has 0 radical (unpaired) electrons. The van der Waals surface area contributed by atoms with Crippen LogP contribution in [0, 0.1) is 6.92 Å². The van der Waals surface area contributed by atoms with Crippen LogP contribution in [0.2, 0.25) is 0 Å². The minimum Gasteiger partial charge on any atom is -0.338 e. The van der Waals surface area contributed by atoms with E-state index >= 15 is 0 Å². The lowest BCUT2D eigenvalue weighted by Crippen LogP contribution is -2.39. The van der Waals surface area contributed by atoms with Crippen molar-refractivity contribution in [2.45, 2.75) is 39.2 Å². The van der Waals surface area contributed by atoms with Gasteiger partial charge in [-0.2, -0.15) is 5.10 Å². The third-order valence-corrected chi connectivity index (χ3v) is 5.46. The summed E-state index contributed by atoms with van der Waals surface area (Å²) >= 11 is 0. The second-order valence-electron chi connectivity index (χ2n) is 7.11. The Morgan fingerprint density at radius 1 is 1.21 bits per heavy atom. The molecule has 0 saturated carbocycles. The van der Waals surface area contributed by atoms with Crippen LogP contribution in [0.3, 0.4) is 0 Å². The van der Waals surface area contributed by atoms with E-state index in [9.17, 15) is 4.79 Å². The highest BCUT2D eigenvalue weighted by Gasteiger charge is 2.29. The van der Waals surface area contributed by atoms with E-state index in [1.165, 1.54) is 0 Å². The van der Waals surface area contributed by atoms with Crippen molar-refractivity contribution in [3.63, 3.8) is 0 Å². The molecule has 1 aliphatic rings. The summed E-state index contributed by atoms with van der Waals surface area (Å²) in [6.45, 7) is 6.17. The van der Waals surface area contributed by atoms with E-state index in [4.69, 9.17) is 0 Å². The molecule has 4 rings (SSSR count). The van der Waals surface area contributed by atoms with Crippen LogP contribution in [0.25, 0.3) is 11.1 Å². The lowest BCUT2D eigenvalue weighted by molar-refractivity contribution is 0.0705. The van der Waals surface area contributed by atoms with Gasteiger partial charge in [0.25, 0.3) is 5.91 Å². The molecule has 1 unspecified atom stereocenters. The van der Waals surface area contributed by atoms with Crippen LogP contribution in [-0.4, -0.2) is 48.6 Å². The number of carbonyl (C=O) groups is 1. The fraction of sp³-hybridized carbons (Fsp3) is 0.381. The summed E-state index contributed by atoms with van der Waals surface area (Å²) < 4.78 is 1.86. The minimum absolute atomic E-state index is 0.0569. The molecule has 1 saturated heterocycles.